The van der Waals surface area contributed by atoms with E-state index in [9.17, 15) is 8.42 Å². The zero-order chi connectivity index (χ0) is 20.1. The van der Waals surface area contributed by atoms with E-state index in [0.717, 1.165) is 5.56 Å². The number of rotatable bonds is 8. The zero-order valence-corrected chi connectivity index (χ0v) is 16.1. The van der Waals surface area contributed by atoms with E-state index in [0.29, 0.717) is 30.0 Å². The molecule has 0 spiro atoms. The highest BCUT2D eigenvalue weighted by Crippen LogP contribution is 2.20. The number of hydrogen-bond donors (Lipinski definition) is 3. The lowest BCUT2D eigenvalue weighted by atomic mass is 10.1. The normalized spacial score (nSPS) is 11.2. The molecule has 0 bridgehead atoms. The molecule has 9 heteroatoms. The summed E-state index contributed by atoms with van der Waals surface area (Å²) >= 11 is 0. The molecule has 8 nitrogen and oxygen atoms in total. The summed E-state index contributed by atoms with van der Waals surface area (Å²) in [6.45, 7) is 0.426. The third kappa shape index (κ3) is 4.89. The van der Waals surface area contributed by atoms with E-state index in [1.54, 1.807) is 48.0 Å². The highest BCUT2D eigenvalue weighted by Gasteiger charge is 2.17. The van der Waals surface area contributed by atoms with Crippen LogP contribution < -0.4 is 15.2 Å². The lowest BCUT2D eigenvalue weighted by Crippen LogP contribution is -2.13. The molecule has 0 saturated carbocycles. The Kier molecular flexibility index (Phi) is 5.65. The lowest BCUT2D eigenvalue weighted by Gasteiger charge is -2.10. The van der Waals surface area contributed by atoms with Crippen molar-refractivity contribution in [2.75, 3.05) is 11.3 Å². The molecule has 3 rings (SSSR count). The predicted octanol–water partition coefficient (Wildman–Crippen LogP) is 2.13. The zero-order valence-electron chi connectivity index (χ0n) is 15.3. The van der Waals surface area contributed by atoms with Gasteiger partial charge >= 0.3 is 0 Å². The second kappa shape index (κ2) is 8.13. The van der Waals surface area contributed by atoms with Crippen molar-refractivity contribution < 1.29 is 13.2 Å². The van der Waals surface area contributed by atoms with Gasteiger partial charge in [-0.2, -0.15) is 8.42 Å². The van der Waals surface area contributed by atoms with Crippen LogP contribution in [0.15, 0.2) is 66.1 Å². The molecule has 0 atom stereocenters. The van der Waals surface area contributed by atoms with Crippen molar-refractivity contribution in [3.63, 3.8) is 0 Å². The van der Waals surface area contributed by atoms with Crippen molar-refractivity contribution >= 4 is 21.5 Å². The van der Waals surface area contributed by atoms with Crippen molar-refractivity contribution in [1.82, 2.24) is 9.55 Å². The number of nitrogens with one attached hydrogen (secondary N) is 2. The Balaban J connectivity index is 1.59. The number of hydrogen-bond acceptors (Lipinski definition) is 5. The van der Waals surface area contributed by atoms with Crippen LogP contribution in [0.1, 0.15) is 11.1 Å². The molecular formula is C19H21N5O3S. The molecule has 0 saturated heterocycles. The van der Waals surface area contributed by atoms with Crippen molar-refractivity contribution in [1.29, 1.82) is 5.41 Å². The van der Waals surface area contributed by atoms with Gasteiger partial charge in [0.05, 0.1) is 18.6 Å². The van der Waals surface area contributed by atoms with Gasteiger partial charge in [-0.15, -0.1) is 0 Å². The fraction of sp³-hybridized carbons (Fsp3) is 0.158. The molecular weight excluding hydrogens is 378 g/mol. The molecule has 1 heterocycles. The molecule has 0 aliphatic rings. The highest BCUT2D eigenvalue weighted by atomic mass is 32.2. The van der Waals surface area contributed by atoms with Crippen molar-refractivity contribution in [2.45, 2.75) is 11.4 Å². The molecule has 0 aliphatic carbocycles. The van der Waals surface area contributed by atoms with Gasteiger partial charge in [-0.25, -0.2) is 4.98 Å². The standard InChI is InChI=1S/C19H21N5O3S/c1-24-12-18(22-13-24)28(25,26)23-16-3-2-4-17(11-16)27-10-9-14-5-7-15(8-6-14)19(20)21/h2-8,11-13,23H,9-10H2,1H3,(H3,20,21). The summed E-state index contributed by atoms with van der Waals surface area (Å²) in [5.74, 6) is 0.592. The Morgan fingerprint density at radius 3 is 2.64 bits per heavy atom. The largest absolute Gasteiger partial charge is 0.493 e. The van der Waals surface area contributed by atoms with Crippen LogP contribution >= 0.6 is 0 Å². The predicted molar refractivity (Wildman–Crippen MR) is 107 cm³/mol. The minimum atomic E-state index is -3.75. The van der Waals surface area contributed by atoms with Gasteiger partial charge in [0.25, 0.3) is 10.0 Å². The molecule has 3 aromatic rings. The lowest BCUT2D eigenvalue weighted by molar-refractivity contribution is 0.322. The maximum absolute atomic E-state index is 12.3. The third-order valence-electron chi connectivity index (χ3n) is 3.97. The second-order valence-corrected chi connectivity index (χ2v) is 7.85. The van der Waals surface area contributed by atoms with E-state index in [2.05, 4.69) is 9.71 Å². The number of aryl methyl sites for hydroxylation is 1. The van der Waals surface area contributed by atoms with Gasteiger partial charge in [0.1, 0.15) is 11.6 Å². The quantitative estimate of drug-likeness (QED) is 0.395. The molecule has 28 heavy (non-hydrogen) atoms. The third-order valence-corrected chi connectivity index (χ3v) is 5.23. The SMILES string of the molecule is Cn1cnc(S(=O)(=O)Nc2cccc(OCCc3ccc(C(=N)N)cc3)c2)c1. The fourth-order valence-corrected chi connectivity index (χ4v) is 3.55. The van der Waals surface area contributed by atoms with Gasteiger partial charge in [-0.1, -0.05) is 30.3 Å². The number of nitrogens with zero attached hydrogens (tertiary/aromatic N) is 2. The number of aromatic nitrogens is 2. The van der Waals surface area contributed by atoms with Gasteiger partial charge in [-0.05, 0) is 17.7 Å². The number of nitrogens with two attached hydrogens (primary N) is 1. The molecule has 0 unspecified atom stereocenters. The summed E-state index contributed by atoms with van der Waals surface area (Å²) in [7, 11) is -2.05. The van der Waals surface area contributed by atoms with E-state index >= 15 is 0 Å². The number of ether oxygens (including phenoxy) is 1. The van der Waals surface area contributed by atoms with Crippen LogP contribution in [-0.4, -0.2) is 30.4 Å². The number of anilines is 1. The number of amidine groups is 1. The smallest absolute Gasteiger partial charge is 0.280 e. The summed E-state index contributed by atoms with van der Waals surface area (Å²) in [6, 6.07) is 14.1. The number of imidazole rings is 1. The van der Waals surface area contributed by atoms with Gasteiger partial charge in [0.2, 0.25) is 0 Å². The van der Waals surface area contributed by atoms with Crippen molar-refractivity contribution in [2.24, 2.45) is 12.8 Å². The maximum Gasteiger partial charge on any atom is 0.280 e. The molecule has 2 aromatic carbocycles. The van der Waals surface area contributed by atoms with Crippen LogP contribution in [0.25, 0.3) is 0 Å². The molecule has 0 radical (unpaired) electrons. The van der Waals surface area contributed by atoms with Crippen molar-refractivity contribution in [3.8, 4) is 5.75 Å². The monoisotopic (exact) mass is 399 g/mol. The van der Waals surface area contributed by atoms with E-state index in [1.807, 2.05) is 12.1 Å². The summed E-state index contributed by atoms with van der Waals surface area (Å²) in [6.07, 6.45) is 3.53. The van der Waals surface area contributed by atoms with Crippen LogP contribution in [-0.2, 0) is 23.5 Å². The summed E-state index contributed by atoms with van der Waals surface area (Å²) < 4.78 is 34.5. The Bertz CT molecular complexity index is 1070. The van der Waals surface area contributed by atoms with Gasteiger partial charge in [0.15, 0.2) is 5.03 Å². The van der Waals surface area contributed by atoms with Gasteiger partial charge < -0.3 is 15.0 Å². The maximum atomic E-state index is 12.3. The minimum absolute atomic E-state index is 0.0350. The highest BCUT2D eigenvalue weighted by molar-refractivity contribution is 7.92. The Hall–Kier alpha value is -3.33. The number of nitrogen functional groups attached to an aromatic ring is 1. The van der Waals surface area contributed by atoms with E-state index < -0.39 is 10.0 Å². The summed E-state index contributed by atoms with van der Waals surface area (Å²) in [5, 5.41) is 7.35. The molecule has 0 fully saturated rings. The summed E-state index contributed by atoms with van der Waals surface area (Å²) in [4.78, 5) is 3.87. The first-order valence-electron chi connectivity index (χ1n) is 8.50. The van der Waals surface area contributed by atoms with E-state index in [-0.39, 0.29) is 10.9 Å². The molecule has 146 valence electrons. The first-order valence-corrected chi connectivity index (χ1v) is 9.99. The van der Waals surface area contributed by atoms with Crippen LogP contribution in [0, 0.1) is 5.41 Å². The van der Waals surface area contributed by atoms with Crippen LogP contribution in [0.4, 0.5) is 5.69 Å². The van der Waals surface area contributed by atoms with Crippen LogP contribution in [0.3, 0.4) is 0 Å². The second-order valence-electron chi connectivity index (χ2n) is 6.22. The number of benzene rings is 2. The Labute approximate surface area is 163 Å². The van der Waals surface area contributed by atoms with Crippen LogP contribution in [0.5, 0.6) is 5.75 Å². The average Bonchev–Trinajstić information content (AvgIpc) is 3.10. The average molecular weight is 399 g/mol. The van der Waals surface area contributed by atoms with Crippen molar-refractivity contribution in [3.05, 3.63) is 72.2 Å². The van der Waals surface area contributed by atoms with E-state index in [4.69, 9.17) is 15.9 Å². The Morgan fingerprint density at radius 2 is 2.00 bits per heavy atom. The van der Waals surface area contributed by atoms with E-state index in [1.165, 1.54) is 12.5 Å². The molecule has 4 N–H and O–H groups in total. The number of sulfonamides is 1. The van der Waals surface area contributed by atoms with Gasteiger partial charge in [0, 0.05) is 31.3 Å². The fourth-order valence-electron chi connectivity index (χ4n) is 2.52. The van der Waals surface area contributed by atoms with Gasteiger partial charge in [-0.3, -0.25) is 10.1 Å². The minimum Gasteiger partial charge on any atom is -0.493 e. The van der Waals surface area contributed by atoms with Crippen LogP contribution in [0.2, 0.25) is 0 Å². The summed E-state index contributed by atoms with van der Waals surface area (Å²) in [5.41, 5.74) is 7.57. The molecule has 1 aromatic heterocycles. The topological polar surface area (TPSA) is 123 Å². The molecule has 0 amide bonds. The first kappa shape index (κ1) is 19.4. The molecule has 0 aliphatic heterocycles. The Morgan fingerprint density at radius 1 is 1.25 bits per heavy atom. The first-order chi connectivity index (χ1) is 13.3.